The van der Waals surface area contributed by atoms with Crippen molar-refractivity contribution in [1.82, 2.24) is 9.88 Å². The molecule has 72 valence electrons. The van der Waals surface area contributed by atoms with E-state index in [0.717, 1.165) is 32.5 Å². The van der Waals surface area contributed by atoms with Gasteiger partial charge in [-0.05, 0) is 12.8 Å². The van der Waals surface area contributed by atoms with E-state index in [1.807, 2.05) is 11.6 Å². The van der Waals surface area contributed by atoms with Crippen molar-refractivity contribution in [1.29, 1.82) is 0 Å². The van der Waals surface area contributed by atoms with Crippen LogP contribution < -0.4 is 0 Å². The molecule has 0 aromatic carbocycles. The van der Waals surface area contributed by atoms with Gasteiger partial charge in [0, 0.05) is 24.7 Å². The van der Waals surface area contributed by atoms with E-state index in [9.17, 15) is 5.11 Å². The van der Waals surface area contributed by atoms with Crippen LogP contribution in [0.5, 0.6) is 0 Å². The quantitative estimate of drug-likeness (QED) is 0.773. The number of aromatic nitrogens is 1. The Morgan fingerprint density at radius 2 is 2.31 bits per heavy atom. The van der Waals surface area contributed by atoms with E-state index in [0.29, 0.717) is 0 Å². The normalized spacial score (nSPS) is 20.7. The highest BCUT2D eigenvalue weighted by atomic mass is 32.1. The zero-order valence-corrected chi connectivity index (χ0v) is 8.33. The second-order valence-electron chi connectivity index (χ2n) is 3.43. The first kappa shape index (κ1) is 9.12. The maximum absolute atomic E-state index is 9.31. The predicted molar refractivity (Wildman–Crippen MR) is 52.6 cm³/mol. The Hall–Kier alpha value is -0.450. The van der Waals surface area contributed by atoms with E-state index in [4.69, 9.17) is 0 Å². The van der Waals surface area contributed by atoms with Crippen LogP contribution in [-0.4, -0.2) is 34.2 Å². The van der Waals surface area contributed by atoms with Crippen molar-refractivity contribution in [2.75, 3.05) is 13.1 Å². The Kier molecular flexibility index (Phi) is 2.93. The second-order valence-corrected chi connectivity index (χ2v) is 4.41. The third-order valence-corrected chi connectivity index (χ3v) is 3.16. The third-order valence-electron chi connectivity index (χ3n) is 2.40. The fraction of sp³-hybridized carbons (Fsp3) is 0.667. The van der Waals surface area contributed by atoms with Crippen LogP contribution in [0.1, 0.15) is 17.8 Å². The molecule has 0 amide bonds. The molecule has 1 aromatic heterocycles. The first-order chi connectivity index (χ1) is 6.34. The molecule has 1 fully saturated rings. The van der Waals surface area contributed by atoms with Gasteiger partial charge in [0.2, 0.25) is 0 Å². The van der Waals surface area contributed by atoms with Gasteiger partial charge in [0.05, 0.1) is 12.6 Å². The lowest BCUT2D eigenvalue weighted by molar-refractivity contribution is 0.0792. The van der Waals surface area contributed by atoms with Crippen LogP contribution in [0.2, 0.25) is 0 Å². The number of nitrogens with zero attached hydrogens (tertiary/aromatic N) is 2. The second kappa shape index (κ2) is 4.17. The summed E-state index contributed by atoms with van der Waals surface area (Å²) in [6, 6.07) is 0. The van der Waals surface area contributed by atoms with Gasteiger partial charge in [0.1, 0.15) is 5.01 Å². The van der Waals surface area contributed by atoms with Crippen LogP contribution in [0.15, 0.2) is 11.6 Å². The van der Waals surface area contributed by atoms with E-state index < -0.39 is 0 Å². The topological polar surface area (TPSA) is 36.4 Å². The number of likely N-dealkylation sites (tertiary alicyclic amines) is 1. The van der Waals surface area contributed by atoms with Crippen LogP contribution in [0.4, 0.5) is 0 Å². The van der Waals surface area contributed by atoms with Gasteiger partial charge in [-0.2, -0.15) is 0 Å². The molecule has 0 unspecified atom stereocenters. The van der Waals surface area contributed by atoms with Gasteiger partial charge in [-0.25, -0.2) is 4.98 Å². The summed E-state index contributed by atoms with van der Waals surface area (Å²) in [5.74, 6) is 0. The van der Waals surface area contributed by atoms with E-state index in [1.54, 1.807) is 11.3 Å². The Labute approximate surface area is 82.0 Å². The molecule has 0 aliphatic carbocycles. The molecule has 1 aliphatic rings. The number of rotatable bonds is 2. The maximum atomic E-state index is 9.31. The first-order valence-corrected chi connectivity index (χ1v) is 5.51. The minimum Gasteiger partial charge on any atom is -0.393 e. The standard InChI is InChI=1S/C9H14N2OS/c12-8-1-4-11(5-2-8)7-9-10-3-6-13-9/h3,6,8,12H,1-2,4-5,7H2. The lowest BCUT2D eigenvalue weighted by Crippen LogP contribution is -2.35. The lowest BCUT2D eigenvalue weighted by Gasteiger charge is -2.28. The molecule has 1 N–H and O–H groups in total. The molecule has 0 bridgehead atoms. The fourth-order valence-corrected chi connectivity index (χ4v) is 2.26. The molecule has 0 radical (unpaired) electrons. The minimum absolute atomic E-state index is 0.0763. The highest BCUT2D eigenvalue weighted by Crippen LogP contribution is 2.14. The Morgan fingerprint density at radius 3 is 2.92 bits per heavy atom. The zero-order chi connectivity index (χ0) is 9.10. The number of aliphatic hydroxyl groups is 1. The van der Waals surface area contributed by atoms with Crippen LogP contribution >= 0.6 is 11.3 Å². The van der Waals surface area contributed by atoms with Crippen LogP contribution in [0, 0.1) is 0 Å². The van der Waals surface area contributed by atoms with Crippen LogP contribution in [0.3, 0.4) is 0 Å². The smallest absolute Gasteiger partial charge is 0.107 e. The Morgan fingerprint density at radius 1 is 1.54 bits per heavy atom. The summed E-state index contributed by atoms with van der Waals surface area (Å²) in [6.07, 6.45) is 3.59. The van der Waals surface area contributed by atoms with E-state index in [-0.39, 0.29) is 6.10 Å². The van der Waals surface area contributed by atoms with Crippen molar-refractivity contribution in [2.45, 2.75) is 25.5 Å². The van der Waals surface area contributed by atoms with E-state index in [1.165, 1.54) is 5.01 Å². The van der Waals surface area contributed by atoms with E-state index >= 15 is 0 Å². The molecule has 2 rings (SSSR count). The molecule has 1 aliphatic heterocycles. The fourth-order valence-electron chi connectivity index (χ4n) is 1.60. The molecule has 2 heterocycles. The molecule has 0 atom stereocenters. The van der Waals surface area contributed by atoms with Gasteiger partial charge >= 0.3 is 0 Å². The van der Waals surface area contributed by atoms with Gasteiger partial charge in [-0.15, -0.1) is 11.3 Å². The third kappa shape index (κ3) is 2.49. The van der Waals surface area contributed by atoms with Crippen molar-refractivity contribution >= 4 is 11.3 Å². The van der Waals surface area contributed by atoms with Crippen molar-refractivity contribution < 1.29 is 5.11 Å². The summed E-state index contributed by atoms with van der Waals surface area (Å²) in [4.78, 5) is 6.60. The number of hydrogen-bond donors (Lipinski definition) is 1. The molecule has 0 saturated carbocycles. The highest BCUT2D eigenvalue weighted by molar-refractivity contribution is 7.09. The van der Waals surface area contributed by atoms with Gasteiger partial charge in [0.15, 0.2) is 0 Å². The predicted octanol–water partition coefficient (Wildman–Crippen LogP) is 1.10. The van der Waals surface area contributed by atoms with Crippen molar-refractivity contribution in [2.24, 2.45) is 0 Å². The monoisotopic (exact) mass is 198 g/mol. The first-order valence-electron chi connectivity index (χ1n) is 4.63. The van der Waals surface area contributed by atoms with Crippen molar-refractivity contribution in [3.05, 3.63) is 16.6 Å². The summed E-state index contributed by atoms with van der Waals surface area (Å²) < 4.78 is 0. The number of aliphatic hydroxyl groups excluding tert-OH is 1. The number of piperidine rings is 1. The summed E-state index contributed by atoms with van der Waals surface area (Å²) in [7, 11) is 0. The van der Waals surface area contributed by atoms with Gasteiger partial charge < -0.3 is 5.11 Å². The largest absolute Gasteiger partial charge is 0.393 e. The molecule has 13 heavy (non-hydrogen) atoms. The average Bonchev–Trinajstić information content (AvgIpc) is 2.62. The molecular weight excluding hydrogens is 184 g/mol. The molecule has 1 saturated heterocycles. The van der Waals surface area contributed by atoms with Gasteiger partial charge in [0.25, 0.3) is 0 Å². The molecular formula is C9H14N2OS. The number of thiazole rings is 1. The lowest BCUT2D eigenvalue weighted by atomic mass is 10.1. The Balaban J connectivity index is 1.83. The SMILES string of the molecule is OC1CCN(Cc2nccs2)CC1. The van der Waals surface area contributed by atoms with E-state index in [2.05, 4.69) is 9.88 Å². The molecule has 0 spiro atoms. The van der Waals surface area contributed by atoms with Crippen LogP contribution in [-0.2, 0) is 6.54 Å². The molecule has 3 nitrogen and oxygen atoms in total. The van der Waals surface area contributed by atoms with Gasteiger partial charge in [-0.3, -0.25) is 4.90 Å². The highest BCUT2D eigenvalue weighted by Gasteiger charge is 2.17. The van der Waals surface area contributed by atoms with Crippen molar-refractivity contribution in [3.63, 3.8) is 0 Å². The Bertz CT molecular complexity index is 242. The maximum Gasteiger partial charge on any atom is 0.107 e. The average molecular weight is 198 g/mol. The molecule has 4 heteroatoms. The van der Waals surface area contributed by atoms with Gasteiger partial charge in [-0.1, -0.05) is 0 Å². The number of hydrogen-bond acceptors (Lipinski definition) is 4. The zero-order valence-electron chi connectivity index (χ0n) is 7.52. The minimum atomic E-state index is -0.0763. The summed E-state index contributed by atoms with van der Waals surface area (Å²) in [5.41, 5.74) is 0. The summed E-state index contributed by atoms with van der Waals surface area (Å²) in [6.45, 7) is 2.95. The molecule has 1 aromatic rings. The summed E-state index contributed by atoms with van der Waals surface area (Å²) >= 11 is 1.70. The van der Waals surface area contributed by atoms with Crippen molar-refractivity contribution in [3.8, 4) is 0 Å². The van der Waals surface area contributed by atoms with Crippen LogP contribution in [0.25, 0.3) is 0 Å². The summed E-state index contributed by atoms with van der Waals surface area (Å²) in [5, 5.41) is 12.5.